The molecule has 0 atom stereocenters. The molecule has 0 amide bonds. The molecule has 0 spiro atoms. The maximum Gasteiger partial charge on any atom is 0.154 e. The van der Waals surface area contributed by atoms with Gasteiger partial charge in [-0.15, -0.1) is 0 Å². The van der Waals surface area contributed by atoms with Crippen LogP contribution >= 0.6 is 0 Å². The molecule has 0 bridgehead atoms. The van der Waals surface area contributed by atoms with Gasteiger partial charge in [0.05, 0.1) is 12.7 Å². The van der Waals surface area contributed by atoms with Crippen LogP contribution in [0.3, 0.4) is 0 Å². The zero-order chi connectivity index (χ0) is 16.9. The number of carbonyl (C=O) groups is 1. The van der Waals surface area contributed by atoms with Crippen LogP contribution < -0.4 is 9.47 Å². The van der Waals surface area contributed by atoms with Gasteiger partial charge in [-0.1, -0.05) is 36.4 Å². The lowest BCUT2D eigenvalue weighted by Gasteiger charge is -2.17. The highest BCUT2D eigenvalue weighted by atomic mass is 16.5. The van der Waals surface area contributed by atoms with E-state index in [9.17, 15) is 4.79 Å². The standard InChI is InChI=1S/C21H22O3/c1-15-8-11-18-20(24-14-15)12-17(19(13-22)21(18)23-2)10-9-16-6-4-3-5-7-16/h3-8,12-13H,9-11,14H2,1-2H3. The number of fused-ring (bicyclic) bond motifs is 1. The van der Waals surface area contributed by atoms with Crippen LogP contribution in [0.1, 0.15) is 34.0 Å². The van der Waals surface area contributed by atoms with Crippen molar-refractivity contribution in [2.24, 2.45) is 0 Å². The van der Waals surface area contributed by atoms with Gasteiger partial charge in [0.15, 0.2) is 6.29 Å². The Bertz CT molecular complexity index is 760. The summed E-state index contributed by atoms with van der Waals surface area (Å²) in [5.41, 5.74) is 5.01. The van der Waals surface area contributed by atoms with E-state index in [1.165, 1.54) is 11.1 Å². The van der Waals surface area contributed by atoms with Crippen LogP contribution in [0.5, 0.6) is 11.5 Å². The van der Waals surface area contributed by atoms with Crippen molar-refractivity contribution in [3.8, 4) is 11.5 Å². The lowest BCUT2D eigenvalue weighted by molar-refractivity contribution is 0.111. The summed E-state index contributed by atoms with van der Waals surface area (Å²) in [6.07, 6.45) is 5.41. The third-order valence-electron chi connectivity index (χ3n) is 4.43. The number of ether oxygens (including phenoxy) is 2. The van der Waals surface area contributed by atoms with E-state index in [4.69, 9.17) is 9.47 Å². The maximum atomic E-state index is 11.7. The molecule has 0 aliphatic carbocycles. The van der Waals surface area contributed by atoms with Crippen LogP contribution in [0.4, 0.5) is 0 Å². The summed E-state index contributed by atoms with van der Waals surface area (Å²) in [6, 6.07) is 12.3. The van der Waals surface area contributed by atoms with Crippen molar-refractivity contribution in [1.29, 1.82) is 0 Å². The van der Waals surface area contributed by atoms with E-state index in [2.05, 4.69) is 25.1 Å². The van der Waals surface area contributed by atoms with Gasteiger partial charge in [-0.05, 0) is 49.0 Å². The van der Waals surface area contributed by atoms with Crippen molar-refractivity contribution in [3.63, 3.8) is 0 Å². The molecule has 0 aromatic heterocycles. The van der Waals surface area contributed by atoms with Crippen molar-refractivity contribution in [2.45, 2.75) is 26.2 Å². The number of aryl methyl sites for hydroxylation is 2. The lowest BCUT2D eigenvalue weighted by atomic mass is 9.95. The fraction of sp³-hybridized carbons (Fsp3) is 0.286. The molecule has 0 saturated heterocycles. The summed E-state index contributed by atoms with van der Waals surface area (Å²) < 4.78 is 11.5. The molecular formula is C21H22O3. The van der Waals surface area contributed by atoms with Crippen molar-refractivity contribution >= 4 is 6.29 Å². The molecule has 124 valence electrons. The first kappa shape index (κ1) is 16.3. The fourth-order valence-electron chi connectivity index (χ4n) is 3.09. The minimum absolute atomic E-state index is 0.578. The smallest absolute Gasteiger partial charge is 0.154 e. The van der Waals surface area contributed by atoms with E-state index in [1.54, 1.807) is 7.11 Å². The molecule has 0 unspecified atom stereocenters. The zero-order valence-corrected chi connectivity index (χ0v) is 14.2. The first-order valence-electron chi connectivity index (χ1n) is 8.23. The van der Waals surface area contributed by atoms with Crippen LogP contribution in [0.15, 0.2) is 48.0 Å². The Balaban J connectivity index is 1.96. The molecule has 2 aromatic rings. The molecule has 0 N–H and O–H groups in total. The number of allylic oxidation sites excluding steroid dienone is 1. The third kappa shape index (κ3) is 3.35. The van der Waals surface area contributed by atoms with Crippen molar-refractivity contribution in [1.82, 2.24) is 0 Å². The predicted octanol–water partition coefficient (Wildman–Crippen LogP) is 4.17. The minimum atomic E-state index is 0.578. The maximum absolute atomic E-state index is 11.7. The van der Waals surface area contributed by atoms with Gasteiger partial charge in [-0.25, -0.2) is 0 Å². The summed E-state index contributed by atoms with van der Waals surface area (Å²) in [7, 11) is 1.62. The number of benzene rings is 2. The Morgan fingerprint density at radius 2 is 2.00 bits per heavy atom. The lowest BCUT2D eigenvalue weighted by Crippen LogP contribution is -2.06. The second-order valence-electron chi connectivity index (χ2n) is 6.11. The van der Waals surface area contributed by atoms with E-state index in [0.717, 1.165) is 42.4 Å². The molecule has 0 fully saturated rings. The highest BCUT2D eigenvalue weighted by molar-refractivity contribution is 5.84. The molecule has 3 nitrogen and oxygen atoms in total. The van der Waals surface area contributed by atoms with Crippen LogP contribution in [0.2, 0.25) is 0 Å². The van der Waals surface area contributed by atoms with Crippen LogP contribution in [-0.2, 0) is 19.3 Å². The molecule has 3 heteroatoms. The minimum Gasteiger partial charge on any atom is -0.496 e. The second-order valence-corrected chi connectivity index (χ2v) is 6.11. The van der Waals surface area contributed by atoms with Crippen molar-refractivity contribution in [3.05, 3.63) is 70.3 Å². The number of carbonyl (C=O) groups excluding carboxylic acids is 1. The van der Waals surface area contributed by atoms with Gasteiger partial charge in [0, 0.05) is 5.56 Å². The number of hydrogen-bond donors (Lipinski definition) is 0. The van der Waals surface area contributed by atoms with Gasteiger partial charge < -0.3 is 9.47 Å². The van der Waals surface area contributed by atoms with E-state index < -0.39 is 0 Å². The topological polar surface area (TPSA) is 35.5 Å². The van der Waals surface area contributed by atoms with E-state index in [1.807, 2.05) is 24.3 Å². The highest BCUT2D eigenvalue weighted by Crippen LogP contribution is 2.37. The van der Waals surface area contributed by atoms with E-state index >= 15 is 0 Å². The molecule has 3 rings (SSSR count). The van der Waals surface area contributed by atoms with Crippen LogP contribution in [0.25, 0.3) is 0 Å². The zero-order valence-electron chi connectivity index (χ0n) is 14.2. The van der Waals surface area contributed by atoms with Gasteiger partial charge >= 0.3 is 0 Å². The largest absolute Gasteiger partial charge is 0.496 e. The van der Waals surface area contributed by atoms with Crippen molar-refractivity contribution in [2.75, 3.05) is 13.7 Å². The average Bonchev–Trinajstić information content (AvgIpc) is 2.81. The van der Waals surface area contributed by atoms with Gasteiger partial charge in [-0.2, -0.15) is 0 Å². The third-order valence-corrected chi connectivity index (χ3v) is 4.43. The summed E-state index contributed by atoms with van der Waals surface area (Å²) in [4.78, 5) is 11.7. The summed E-state index contributed by atoms with van der Waals surface area (Å²) >= 11 is 0. The molecule has 1 aliphatic rings. The van der Waals surface area contributed by atoms with Gasteiger partial charge in [-0.3, -0.25) is 4.79 Å². The normalized spacial score (nSPS) is 13.3. The quantitative estimate of drug-likeness (QED) is 0.612. The van der Waals surface area contributed by atoms with Gasteiger partial charge in [0.2, 0.25) is 0 Å². The first-order chi connectivity index (χ1) is 11.7. The molecule has 0 radical (unpaired) electrons. The Hall–Kier alpha value is -2.55. The molecule has 0 saturated carbocycles. The highest BCUT2D eigenvalue weighted by Gasteiger charge is 2.20. The SMILES string of the molecule is COc1c(C=O)c(CCc2ccccc2)cc2c1CC=C(C)CO2. The molecule has 24 heavy (non-hydrogen) atoms. The Morgan fingerprint density at radius 1 is 1.21 bits per heavy atom. The van der Waals surface area contributed by atoms with Gasteiger partial charge in [0.25, 0.3) is 0 Å². The molecular weight excluding hydrogens is 300 g/mol. The second kappa shape index (κ2) is 7.35. The fourth-order valence-corrected chi connectivity index (χ4v) is 3.09. The van der Waals surface area contributed by atoms with Gasteiger partial charge in [0.1, 0.15) is 18.1 Å². The first-order valence-corrected chi connectivity index (χ1v) is 8.23. The van der Waals surface area contributed by atoms with E-state index in [0.29, 0.717) is 17.9 Å². The number of rotatable bonds is 5. The summed E-state index contributed by atoms with van der Waals surface area (Å²) in [5.74, 6) is 1.48. The summed E-state index contributed by atoms with van der Waals surface area (Å²) in [5, 5.41) is 0. The molecule has 1 aliphatic heterocycles. The van der Waals surface area contributed by atoms with Crippen LogP contribution in [0, 0.1) is 0 Å². The molecule has 1 heterocycles. The Morgan fingerprint density at radius 3 is 2.71 bits per heavy atom. The summed E-state index contributed by atoms with van der Waals surface area (Å²) in [6.45, 7) is 2.63. The Labute approximate surface area is 142 Å². The number of aldehydes is 1. The van der Waals surface area contributed by atoms with Crippen molar-refractivity contribution < 1.29 is 14.3 Å². The number of hydrogen-bond acceptors (Lipinski definition) is 3. The average molecular weight is 322 g/mol. The molecule has 2 aromatic carbocycles. The monoisotopic (exact) mass is 322 g/mol. The Kier molecular flexibility index (Phi) is 4.99. The number of methoxy groups -OCH3 is 1. The van der Waals surface area contributed by atoms with E-state index in [-0.39, 0.29) is 0 Å². The predicted molar refractivity (Wildman–Crippen MR) is 95.2 cm³/mol. The van der Waals surface area contributed by atoms with Crippen LogP contribution in [-0.4, -0.2) is 20.0 Å².